The second kappa shape index (κ2) is 9.62. The number of carbonyl (C=O) groups is 1. The van der Waals surface area contributed by atoms with E-state index < -0.39 is 17.1 Å². The van der Waals surface area contributed by atoms with E-state index in [0.717, 1.165) is 5.56 Å². The van der Waals surface area contributed by atoms with Gasteiger partial charge in [0.05, 0.1) is 20.8 Å². The number of Topliss-reactive ketones (excluding diaryl/α,β-unsaturated/α-hetero) is 1. The lowest BCUT2D eigenvalue weighted by molar-refractivity contribution is 0.0954. The van der Waals surface area contributed by atoms with Crippen molar-refractivity contribution in [2.24, 2.45) is 0 Å². The number of H-pyrrole nitrogens is 1. The van der Waals surface area contributed by atoms with Crippen LogP contribution in [-0.2, 0) is 11.3 Å². The number of methoxy groups -OCH3 is 2. The first kappa shape index (κ1) is 19.5. The van der Waals surface area contributed by atoms with Crippen molar-refractivity contribution in [2.75, 3.05) is 20.8 Å². The van der Waals surface area contributed by atoms with E-state index >= 15 is 0 Å². The van der Waals surface area contributed by atoms with Gasteiger partial charge >= 0.3 is 0 Å². The number of aromatic hydroxyl groups is 1. The molecule has 0 radical (unpaired) electrons. The molecule has 0 unspecified atom stereocenters. The van der Waals surface area contributed by atoms with Crippen LogP contribution in [0.5, 0.6) is 17.4 Å². The van der Waals surface area contributed by atoms with E-state index in [1.807, 2.05) is 30.3 Å². The van der Waals surface area contributed by atoms with Crippen molar-refractivity contribution in [3.8, 4) is 17.4 Å². The number of unbranched alkanes of at least 4 members (excludes halogenated alkanes) is 1. The van der Waals surface area contributed by atoms with Gasteiger partial charge in [-0.15, -0.1) is 0 Å². The van der Waals surface area contributed by atoms with E-state index in [4.69, 9.17) is 14.2 Å². The first-order valence-electron chi connectivity index (χ1n) is 8.30. The molecule has 0 bridgehead atoms. The maximum absolute atomic E-state index is 12.3. The molecule has 0 aliphatic rings. The number of benzene rings is 1. The number of hydrogen-bond donors (Lipinski definition) is 2. The van der Waals surface area contributed by atoms with Crippen molar-refractivity contribution in [1.82, 2.24) is 4.98 Å². The first-order valence-corrected chi connectivity index (χ1v) is 8.30. The lowest BCUT2D eigenvalue weighted by Gasteiger charge is -2.11. The fourth-order valence-corrected chi connectivity index (χ4v) is 2.52. The zero-order valence-corrected chi connectivity index (χ0v) is 14.9. The SMILES string of the molecule is COc1[nH]c(=O)c(C(=O)CCCCOCc2ccccc2)c(O)c1OC. The van der Waals surface area contributed by atoms with Crippen molar-refractivity contribution in [1.29, 1.82) is 0 Å². The third-order valence-corrected chi connectivity index (χ3v) is 3.85. The summed E-state index contributed by atoms with van der Waals surface area (Å²) in [6.45, 7) is 1.03. The number of aromatic amines is 1. The second-order valence-electron chi connectivity index (χ2n) is 5.66. The Balaban J connectivity index is 1.85. The fraction of sp³-hybridized carbons (Fsp3) is 0.368. The predicted molar refractivity (Wildman–Crippen MR) is 96.1 cm³/mol. The fourth-order valence-electron chi connectivity index (χ4n) is 2.52. The van der Waals surface area contributed by atoms with Crippen LogP contribution in [0.4, 0.5) is 0 Å². The molecule has 0 amide bonds. The van der Waals surface area contributed by atoms with Crippen LogP contribution in [0.3, 0.4) is 0 Å². The smallest absolute Gasteiger partial charge is 0.265 e. The van der Waals surface area contributed by atoms with Crippen LogP contribution in [0.2, 0.25) is 0 Å². The molecule has 2 rings (SSSR count). The summed E-state index contributed by atoms with van der Waals surface area (Å²) in [7, 11) is 2.64. The van der Waals surface area contributed by atoms with Gasteiger partial charge in [-0.05, 0) is 18.4 Å². The summed E-state index contributed by atoms with van der Waals surface area (Å²) in [6, 6.07) is 9.81. The van der Waals surface area contributed by atoms with Crippen molar-refractivity contribution in [3.63, 3.8) is 0 Å². The maximum Gasteiger partial charge on any atom is 0.265 e. The number of pyridine rings is 1. The van der Waals surface area contributed by atoms with Crippen LogP contribution < -0.4 is 15.0 Å². The van der Waals surface area contributed by atoms with Crippen molar-refractivity contribution >= 4 is 5.78 Å². The van der Waals surface area contributed by atoms with Gasteiger partial charge in [0.25, 0.3) is 5.56 Å². The molecule has 7 nitrogen and oxygen atoms in total. The van der Waals surface area contributed by atoms with Gasteiger partial charge in [0, 0.05) is 13.0 Å². The van der Waals surface area contributed by atoms with E-state index in [-0.39, 0.29) is 23.6 Å². The van der Waals surface area contributed by atoms with Gasteiger partial charge in [0.15, 0.2) is 11.5 Å². The van der Waals surface area contributed by atoms with Crippen LogP contribution in [0.1, 0.15) is 35.2 Å². The monoisotopic (exact) mass is 361 g/mol. The van der Waals surface area contributed by atoms with Crippen LogP contribution in [-0.4, -0.2) is 36.7 Å². The van der Waals surface area contributed by atoms with Gasteiger partial charge < -0.3 is 19.3 Å². The summed E-state index contributed by atoms with van der Waals surface area (Å²) >= 11 is 0. The van der Waals surface area contributed by atoms with E-state index in [1.165, 1.54) is 14.2 Å². The normalized spacial score (nSPS) is 10.5. The van der Waals surface area contributed by atoms with Crippen molar-refractivity contribution < 1.29 is 24.1 Å². The minimum absolute atomic E-state index is 0.0270. The molecule has 1 heterocycles. The lowest BCUT2D eigenvalue weighted by Crippen LogP contribution is -2.19. The minimum atomic E-state index is -0.703. The van der Waals surface area contributed by atoms with E-state index in [2.05, 4.69) is 4.98 Å². The summed E-state index contributed by atoms with van der Waals surface area (Å²) in [4.78, 5) is 26.7. The molecule has 0 fully saturated rings. The lowest BCUT2D eigenvalue weighted by atomic mass is 10.1. The average Bonchev–Trinajstić information content (AvgIpc) is 2.64. The highest BCUT2D eigenvalue weighted by molar-refractivity contribution is 5.99. The molecule has 7 heteroatoms. The number of nitrogens with one attached hydrogen (secondary N) is 1. The number of rotatable bonds is 10. The standard InChI is InChI=1S/C19H23NO6/c1-24-17-16(22)15(18(23)20-19(17)25-2)14(21)10-6-7-11-26-12-13-8-4-3-5-9-13/h3-5,8-9H,6-7,10-12H2,1-2H3,(H2,20,22,23). The molecule has 2 aromatic rings. The molecule has 1 aromatic carbocycles. The molecule has 0 aliphatic carbocycles. The van der Waals surface area contributed by atoms with E-state index in [1.54, 1.807) is 0 Å². The summed E-state index contributed by atoms with van der Waals surface area (Å²) < 4.78 is 15.5. The number of carbonyl (C=O) groups excluding carboxylic acids is 1. The van der Waals surface area contributed by atoms with E-state index in [0.29, 0.717) is 26.1 Å². The second-order valence-corrected chi connectivity index (χ2v) is 5.66. The van der Waals surface area contributed by atoms with Gasteiger partial charge in [-0.1, -0.05) is 30.3 Å². The Kier molecular flexibility index (Phi) is 7.23. The van der Waals surface area contributed by atoms with Crippen molar-refractivity contribution in [3.05, 3.63) is 51.8 Å². The summed E-state index contributed by atoms with van der Waals surface area (Å²) in [5, 5.41) is 10.1. The number of aromatic nitrogens is 1. The molecule has 0 saturated carbocycles. The molecule has 0 aliphatic heterocycles. The molecule has 140 valence electrons. The Morgan fingerprint density at radius 1 is 1.12 bits per heavy atom. The molecule has 2 N–H and O–H groups in total. The third-order valence-electron chi connectivity index (χ3n) is 3.85. The summed E-state index contributed by atoms with van der Waals surface area (Å²) in [6.07, 6.45) is 1.34. The van der Waals surface area contributed by atoms with Crippen LogP contribution in [0, 0.1) is 0 Å². The van der Waals surface area contributed by atoms with Gasteiger partial charge in [-0.25, -0.2) is 0 Å². The molecule has 0 saturated heterocycles. The van der Waals surface area contributed by atoms with Gasteiger partial charge in [-0.2, -0.15) is 0 Å². The quantitative estimate of drug-likeness (QED) is 0.499. The van der Waals surface area contributed by atoms with Crippen LogP contribution in [0.25, 0.3) is 0 Å². The topological polar surface area (TPSA) is 97.9 Å². The summed E-state index contributed by atoms with van der Waals surface area (Å²) in [5.74, 6) is -1.05. The predicted octanol–water partition coefficient (Wildman–Crippen LogP) is 2.67. The highest BCUT2D eigenvalue weighted by atomic mass is 16.5. The van der Waals surface area contributed by atoms with Crippen LogP contribution in [0.15, 0.2) is 35.1 Å². The van der Waals surface area contributed by atoms with Crippen molar-refractivity contribution in [2.45, 2.75) is 25.9 Å². The van der Waals surface area contributed by atoms with Crippen LogP contribution >= 0.6 is 0 Å². The number of hydrogen-bond acceptors (Lipinski definition) is 6. The minimum Gasteiger partial charge on any atom is -0.503 e. The molecule has 1 aromatic heterocycles. The Hall–Kier alpha value is -2.80. The van der Waals surface area contributed by atoms with Gasteiger partial charge in [0.1, 0.15) is 5.56 Å². The molecular formula is C19H23NO6. The Morgan fingerprint density at radius 3 is 2.50 bits per heavy atom. The zero-order valence-electron chi connectivity index (χ0n) is 14.9. The van der Waals surface area contributed by atoms with Gasteiger partial charge in [0.2, 0.25) is 11.6 Å². The number of ketones is 1. The zero-order chi connectivity index (χ0) is 18.9. The Labute approximate surface area is 151 Å². The third kappa shape index (κ3) is 4.86. The largest absolute Gasteiger partial charge is 0.503 e. The van der Waals surface area contributed by atoms with Gasteiger partial charge in [-0.3, -0.25) is 14.6 Å². The highest BCUT2D eigenvalue weighted by Crippen LogP contribution is 2.35. The first-order chi connectivity index (χ1) is 12.6. The highest BCUT2D eigenvalue weighted by Gasteiger charge is 2.23. The molecule has 0 atom stereocenters. The average molecular weight is 361 g/mol. The Morgan fingerprint density at radius 2 is 1.85 bits per heavy atom. The van der Waals surface area contributed by atoms with E-state index in [9.17, 15) is 14.7 Å². The number of ether oxygens (including phenoxy) is 3. The summed E-state index contributed by atoms with van der Waals surface area (Å²) in [5.41, 5.74) is 0.0729. The molecule has 26 heavy (non-hydrogen) atoms. The maximum atomic E-state index is 12.3. The molecular weight excluding hydrogens is 338 g/mol. The molecule has 0 spiro atoms. The Bertz CT molecular complexity index is 785.